The molecule has 3 aromatic carbocycles. The normalized spacial score (nSPS) is 19.4. The number of likely N-dealkylation sites (N-methyl/N-ethyl adjacent to an activating group) is 1. The monoisotopic (exact) mass is 553 g/mol. The summed E-state index contributed by atoms with van der Waals surface area (Å²) in [5, 5.41) is 6.32. The first kappa shape index (κ1) is 28.4. The van der Waals surface area contributed by atoms with Crippen molar-refractivity contribution in [2.24, 2.45) is 0 Å². The predicted octanol–water partition coefficient (Wildman–Crippen LogP) is 4.45. The van der Waals surface area contributed by atoms with E-state index in [2.05, 4.69) is 29.6 Å². The number of carbonyl (C=O) groups excluding carboxylic acids is 3. The number of amides is 4. The van der Waals surface area contributed by atoms with Crippen molar-refractivity contribution in [3.8, 4) is 0 Å². The Bertz CT molecular complexity index is 1280. The van der Waals surface area contributed by atoms with E-state index in [1.165, 1.54) is 11.1 Å². The number of hydrogen-bond donors (Lipinski definition) is 1. The molecular weight excluding hydrogens is 514 g/mol. The molecule has 0 saturated carbocycles. The zero-order valence-corrected chi connectivity index (χ0v) is 23.9. The molecule has 0 unspecified atom stereocenters. The van der Waals surface area contributed by atoms with Gasteiger partial charge in [0.2, 0.25) is 11.8 Å². The molecule has 214 valence electrons. The molecule has 0 bridgehead atoms. The van der Waals surface area contributed by atoms with E-state index >= 15 is 0 Å². The highest BCUT2D eigenvalue weighted by Crippen LogP contribution is 2.31. The molecular formula is C33H39N5O3. The predicted molar refractivity (Wildman–Crippen MR) is 158 cm³/mol. The summed E-state index contributed by atoms with van der Waals surface area (Å²) < 4.78 is 0. The third-order valence-electron chi connectivity index (χ3n) is 8.09. The molecule has 8 nitrogen and oxygen atoms in total. The van der Waals surface area contributed by atoms with Crippen molar-refractivity contribution < 1.29 is 14.4 Å². The van der Waals surface area contributed by atoms with Gasteiger partial charge < -0.3 is 15.1 Å². The van der Waals surface area contributed by atoms with E-state index in [-0.39, 0.29) is 36.9 Å². The molecule has 41 heavy (non-hydrogen) atoms. The highest BCUT2D eigenvalue weighted by atomic mass is 16.2. The number of hydrogen-bond acceptors (Lipinski definition) is 4. The zero-order valence-electron chi connectivity index (χ0n) is 23.9. The summed E-state index contributed by atoms with van der Waals surface area (Å²) in [6.07, 6.45) is 1.47. The number of carbonyl (C=O) groups is 3. The Morgan fingerprint density at radius 3 is 2.07 bits per heavy atom. The number of hydrazine groups is 1. The van der Waals surface area contributed by atoms with Gasteiger partial charge in [0.1, 0.15) is 12.2 Å². The lowest BCUT2D eigenvalue weighted by Gasteiger charge is -2.54. The Labute approximate surface area is 242 Å². The van der Waals surface area contributed by atoms with Crippen molar-refractivity contribution in [1.82, 2.24) is 25.1 Å². The van der Waals surface area contributed by atoms with E-state index in [9.17, 15) is 14.4 Å². The van der Waals surface area contributed by atoms with E-state index in [1.54, 1.807) is 22.0 Å². The van der Waals surface area contributed by atoms with E-state index in [4.69, 9.17) is 0 Å². The van der Waals surface area contributed by atoms with Crippen LogP contribution in [-0.4, -0.2) is 76.6 Å². The lowest BCUT2D eigenvalue weighted by molar-refractivity contribution is -0.187. The van der Waals surface area contributed by atoms with Crippen molar-refractivity contribution in [1.29, 1.82) is 0 Å². The first-order valence-corrected chi connectivity index (χ1v) is 14.5. The van der Waals surface area contributed by atoms with Crippen LogP contribution in [0.2, 0.25) is 0 Å². The first-order valence-electron chi connectivity index (χ1n) is 14.5. The number of piperazine rings is 1. The van der Waals surface area contributed by atoms with Crippen LogP contribution < -0.4 is 5.32 Å². The quantitative estimate of drug-likeness (QED) is 0.425. The maximum absolute atomic E-state index is 13.9. The highest BCUT2D eigenvalue weighted by molar-refractivity contribution is 5.91. The lowest BCUT2D eigenvalue weighted by Crippen LogP contribution is -2.76. The van der Waals surface area contributed by atoms with Gasteiger partial charge in [-0.05, 0) is 29.5 Å². The molecule has 0 radical (unpaired) electrons. The minimum absolute atomic E-state index is 0.0366. The zero-order chi connectivity index (χ0) is 28.8. The minimum Gasteiger partial charge on any atom is -0.337 e. The second-order valence-electron chi connectivity index (χ2n) is 10.8. The van der Waals surface area contributed by atoms with Crippen molar-refractivity contribution in [3.05, 3.63) is 108 Å². The molecule has 2 fully saturated rings. The number of fused-ring (bicyclic) bond motifs is 1. The van der Waals surface area contributed by atoms with Crippen molar-refractivity contribution in [2.75, 3.05) is 26.7 Å². The lowest BCUT2D eigenvalue weighted by atomic mass is 9.88. The number of benzene rings is 3. The van der Waals surface area contributed by atoms with Crippen LogP contribution in [-0.2, 0) is 16.1 Å². The molecule has 2 atom stereocenters. The van der Waals surface area contributed by atoms with Gasteiger partial charge in [0.25, 0.3) is 0 Å². The van der Waals surface area contributed by atoms with Crippen LogP contribution in [0.25, 0.3) is 0 Å². The van der Waals surface area contributed by atoms with Crippen molar-refractivity contribution in [3.63, 3.8) is 0 Å². The Kier molecular flexibility index (Phi) is 8.99. The van der Waals surface area contributed by atoms with Gasteiger partial charge >= 0.3 is 6.03 Å². The molecule has 0 aromatic heterocycles. The molecule has 1 N–H and O–H groups in total. The van der Waals surface area contributed by atoms with Crippen LogP contribution >= 0.6 is 0 Å². The number of nitrogens with zero attached hydrogens (tertiary/aromatic N) is 4. The molecule has 2 saturated heterocycles. The molecule has 3 aromatic rings. The fourth-order valence-electron chi connectivity index (χ4n) is 6.09. The van der Waals surface area contributed by atoms with E-state index in [0.29, 0.717) is 19.5 Å². The second-order valence-corrected chi connectivity index (χ2v) is 10.8. The van der Waals surface area contributed by atoms with Gasteiger partial charge in [0.15, 0.2) is 0 Å². The fraction of sp³-hybridized carbons (Fsp3) is 0.364. The number of rotatable bonds is 9. The number of nitrogens with one attached hydrogen (secondary N) is 1. The van der Waals surface area contributed by atoms with Crippen LogP contribution in [0.5, 0.6) is 0 Å². The third kappa shape index (κ3) is 6.28. The topological polar surface area (TPSA) is 76.2 Å². The molecule has 0 spiro atoms. The maximum Gasteiger partial charge on any atom is 0.334 e. The fourth-order valence-corrected chi connectivity index (χ4v) is 6.09. The molecule has 8 heteroatoms. The average Bonchev–Trinajstić information content (AvgIpc) is 2.99. The van der Waals surface area contributed by atoms with Crippen molar-refractivity contribution in [2.45, 2.75) is 50.9 Å². The summed E-state index contributed by atoms with van der Waals surface area (Å²) in [5.74, 6) is -0.0400. The van der Waals surface area contributed by atoms with Crippen LogP contribution in [0.4, 0.5) is 4.79 Å². The second kappa shape index (κ2) is 13.0. The van der Waals surface area contributed by atoms with Crippen LogP contribution in [0, 0.1) is 0 Å². The minimum atomic E-state index is -0.587. The molecule has 5 rings (SSSR count). The van der Waals surface area contributed by atoms with Crippen LogP contribution in [0.3, 0.4) is 0 Å². The van der Waals surface area contributed by atoms with Gasteiger partial charge in [-0.3, -0.25) is 9.59 Å². The highest BCUT2D eigenvalue weighted by Gasteiger charge is 2.50. The van der Waals surface area contributed by atoms with Crippen molar-refractivity contribution >= 4 is 17.8 Å². The summed E-state index contributed by atoms with van der Waals surface area (Å²) in [5.41, 5.74) is 3.39. The Morgan fingerprint density at radius 2 is 1.49 bits per heavy atom. The standard InChI is InChI=1S/C33H39N5O3/c1-3-13-29-32(40)36(21-20-28(26-16-9-5-10-17-26)27-18-11-6-12-19-27)23-30-37(29)31(39)24-35(2)38(30)33(41)34-22-25-14-7-4-8-15-25/h4-12,14-19,28-30H,3,13,20-24H2,1-2H3,(H,34,41)/t29-,30-/m0/s1. The smallest absolute Gasteiger partial charge is 0.334 e. The van der Waals surface area contributed by atoms with Gasteiger partial charge in [-0.25, -0.2) is 14.8 Å². The average molecular weight is 554 g/mol. The van der Waals surface area contributed by atoms with E-state index in [0.717, 1.165) is 18.4 Å². The SMILES string of the molecule is CCC[C@H]1C(=O)N(CCC(c2ccccc2)c2ccccc2)C[C@H]2N1C(=O)CN(C)N2C(=O)NCc1ccccc1. The number of urea groups is 1. The third-order valence-corrected chi connectivity index (χ3v) is 8.09. The molecule has 2 aliphatic heterocycles. The summed E-state index contributed by atoms with van der Waals surface area (Å²) in [6, 6.07) is 29.6. The Morgan fingerprint density at radius 1 is 0.902 bits per heavy atom. The van der Waals surface area contributed by atoms with Gasteiger partial charge in [0.05, 0.1) is 13.1 Å². The molecule has 2 aliphatic rings. The Hall–Kier alpha value is -4.17. The molecule has 4 amide bonds. The van der Waals surface area contributed by atoms with Gasteiger partial charge in [-0.2, -0.15) is 0 Å². The van der Waals surface area contributed by atoms with Gasteiger partial charge in [-0.15, -0.1) is 0 Å². The van der Waals surface area contributed by atoms with Gasteiger partial charge in [0, 0.05) is 26.1 Å². The summed E-state index contributed by atoms with van der Waals surface area (Å²) in [7, 11) is 1.76. The Balaban J connectivity index is 1.39. The van der Waals surface area contributed by atoms with E-state index < -0.39 is 12.2 Å². The van der Waals surface area contributed by atoms with Gasteiger partial charge in [-0.1, -0.05) is 104 Å². The van der Waals surface area contributed by atoms with Crippen LogP contribution in [0.1, 0.15) is 48.8 Å². The first-order chi connectivity index (χ1) is 20.0. The summed E-state index contributed by atoms with van der Waals surface area (Å²) >= 11 is 0. The maximum atomic E-state index is 13.9. The molecule has 0 aliphatic carbocycles. The summed E-state index contributed by atoms with van der Waals surface area (Å²) in [4.78, 5) is 44.3. The molecule has 2 heterocycles. The van der Waals surface area contributed by atoms with E-state index in [1.807, 2.05) is 78.6 Å². The van der Waals surface area contributed by atoms with Crippen LogP contribution in [0.15, 0.2) is 91.0 Å². The summed E-state index contributed by atoms with van der Waals surface area (Å²) in [6.45, 7) is 3.24. The largest absolute Gasteiger partial charge is 0.337 e.